The molecule has 35 heavy (non-hydrogen) atoms. The molecule has 0 amide bonds. The smallest absolute Gasteiger partial charge is 0.345 e. The number of ketones is 3. The van der Waals surface area contributed by atoms with Gasteiger partial charge in [-0.05, 0) is 38.0 Å². The number of methoxy groups -OCH3 is 1. The maximum Gasteiger partial charge on any atom is 0.345 e. The summed E-state index contributed by atoms with van der Waals surface area (Å²) in [6.45, 7) is 12.9. The van der Waals surface area contributed by atoms with E-state index in [2.05, 4.69) is 11.3 Å². The lowest BCUT2D eigenvalue weighted by Crippen LogP contribution is -2.73. The first-order valence-electron chi connectivity index (χ1n) is 11.8. The molecule has 0 radical (unpaired) electrons. The van der Waals surface area contributed by atoms with Crippen molar-refractivity contribution in [3.05, 3.63) is 12.2 Å². The number of esters is 1. The van der Waals surface area contributed by atoms with Gasteiger partial charge in [-0.25, -0.2) is 4.79 Å². The number of aliphatic hydroxyl groups excluding tert-OH is 1. The van der Waals surface area contributed by atoms with Gasteiger partial charge in [0.25, 0.3) is 0 Å². The monoisotopic (exact) mass is 492 g/mol. The van der Waals surface area contributed by atoms with Gasteiger partial charge in [-0.1, -0.05) is 39.8 Å². The van der Waals surface area contributed by atoms with E-state index in [9.17, 15) is 39.3 Å². The minimum Gasteiger partial charge on any atom is -0.481 e. The van der Waals surface area contributed by atoms with E-state index in [1.807, 2.05) is 6.92 Å². The summed E-state index contributed by atoms with van der Waals surface area (Å²) in [4.78, 5) is 65.3. The first-order valence-corrected chi connectivity index (χ1v) is 11.8. The summed E-state index contributed by atoms with van der Waals surface area (Å²) in [6, 6.07) is 0. The third-order valence-electron chi connectivity index (χ3n) is 9.81. The van der Waals surface area contributed by atoms with Crippen LogP contribution in [0.3, 0.4) is 0 Å². The summed E-state index contributed by atoms with van der Waals surface area (Å²) < 4.78 is 4.57. The molecule has 0 saturated heterocycles. The molecule has 9 heteroatoms. The van der Waals surface area contributed by atoms with Gasteiger partial charge >= 0.3 is 11.9 Å². The van der Waals surface area contributed by atoms with Gasteiger partial charge in [0.05, 0.1) is 18.4 Å². The van der Waals surface area contributed by atoms with Gasteiger partial charge in [0.15, 0.2) is 11.6 Å². The number of ether oxygens (including phenoxy) is 1. The molecule has 3 aliphatic carbocycles. The van der Waals surface area contributed by atoms with Crippen LogP contribution in [-0.2, 0) is 28.7 Å². The van der Waals surface area contributed by atoms with Crippen molar-refractivity contribution in [1.29, 1.82) is 0 Å². The molecule has 3 N–H and O–H groups in total. The standard InChI is InChI=1S/C26H36O9/c1-12-11-13-23(4)10-9-14(27)22(2,3)16(23)15(28)18(29)25(13,6)17(19(30)31)24(12,5)20(32)26(7,34)21(33)35-8/h13,16-18,29,34H,1,9-11H2,2-8H3,(H,30,31)/t13-,16+,17-,18+,23-,24+,25-,26-/m0/s1. The van der Waals surface area contributed by atoms with Crippen LogP contribution in [0.2, 0.25) is 0 Å². The Balaban J connectivity index is 2.29. The number of hydrogen-bond donors (Lipinski definition) is 3. The highest BCUT2D eigenvalue weighted by Crippen LogP contribution is 2.70. The van der Waals surface area contributed by atoms with Gasteiger partial charge in [-0.15, -0.1) is 0 Å². The summed E-state index contributed by atoms with van der Waals surface area (Å²) in [5.74, 6) is -7.72. The number of aliphatic hydroxyl groups is 2. The van der Waals surface area contributed by atoms with E-state index in [0.29, 0.717) is 6.42 Å². The van der Waals surface area contributed by atoms with E-state index in [1.165, 1.54) is 13.8 Å². The van der Waals surface area contributed by atoms with Gasteiger partial charge in [-0.2, -0.15) is 0 Å². The zero-order valence-electron chi connectivity index (χ0n) is 21.4. The number of rotatable bonds is 4. The fourth-order valence-corrected chi connectivity index (χ4v) is 7.95. The Morgan fingerprint density at radius 1 is 1.11 bits per heavy atom. The number of allylic oxidation sites excluding steroid dienone is 1. The van der Waals surface area contributed by atoms with Crippen LogP contribution in [0.5, 0.6) is 0 Å². The van der Waals surface area contributed by atoms with Crippen LogP contribution < -0.4 is 0 Å². The second kappa shape index (κ2) is 7.80. The van der Waals surface area contributed by atoms with E-state index in [0.717, 1.165) is 14.0 Å². The Kier molecular flexibility index (Phi) is 6.06. The number of carboxylic acid groups (broad SMARTS) is 1. The van der Waals surface area contributed by atoms with Gasteiger partial charge < -0.3 is 20.1 Å². The fourth-order valence-electron chi connectivity index (χ4n) is 7.95. The van der Waals surface area contributed by atoms with Crippen molar-refractivity contribution in [1.82, 2.24) is 0 Å². The lowest BCUT2D eigenvalue weighted by molar-refractivity contribution is -0.221. The normalized spacial score (nSPS) is 42.4. The molecule has 3 rings (SSSR count). The molecule has 0 aromatic carbocycles. The molecular weight excluding hydrogens is 456 g/mol. The van der Waals surface area contributed by atoms with Crippen LogP contribution in [0.25, 0.3) is 0 Å². The van der Waals surface area contributed by atoms with Gasteiger partial charge in [0.1, 0.15) is 11.9 Å². The van der Waals surface area contributed by atoms with Crippen molar-refractivity contribution in [2.45, 2.75) is 72.5 Å². The number of carbonyl (C=O) groups excluding carboxylic acids is 4. The molecule has 0 aliphatic heterocycles. The van der Waals surface area contributed by atoms with Gasteiger partial charge in [0.2, 0.25) is 5.60 Å². The van der Waals surface area contributed by atoms with Crippen molar-refractivity contribution >= 4 is 29.3 Å². The van der Waals surface area contributed by atoms with Crippen LogP contribution in [0, 0.1) is 39.4 Å². The van der Waals surface area contributed by atoms with E-state index < -0.39 is 74.6 Å². The number of fused-ring (bicyclic) bond motifs is 3. The maximum atomic E-state index is 13.7. The first kappa shape index (κ1) is 27.2. The predicted molar refractivity (Wildman–Crippen MR) is 123 cm³/mol. The molecule has 0 aromatic heterocycles. The maximum absolute atomic E-state index is 13.7. The van der Waals surface area contributed by atoms with E-state index >= 15 is 0 Å². The van der Waals surface area contributed by atoms with Crippen molar-refractivity contribution < 1.29 is 44.0 Å². The zero-order valence-corrected chi connectivity index (χ0v) is 21.4. The Labute approximate surface area is 204 Å². The summed E-state index contributed by atoms with van der Waals surface area (Å²) in [7, 11) is 0.991. The third-order valence-corrected chi connectivity index (χ3v) is 9.81. The van der Waals surface area contributed by atoms with Gasteiger partial charge in [-0.3, -0.25) is 19.2 Å². The molecule has 0 heterocycles. The summed E-state index contributed by atoms with van der Waals surface area (Å²) >= 11 is 0. The minimum atomic E-state index is -2.68. The number of carbonyl (C=O) groups is 5. The summed E-state index contributed by atoms with van der Waals surface area (Å²) in [6.07, 6.45) is -1.20. The molecule has 0 bridgehead atoms. The second-order valence-electron chi connectivity index (χ2n) is 12.0. The molecular formula is C26H36O9. The molecule has 0 aromatic rings. The Bertz CT molecular complexity index is 1040. The van der Waals surface area contributed by atoms with Crippen LogP contribution >= 0.6 is 0 Å². The lowest BCUT2D eigenvalue weighted by atomic mass is 9.35. The van der Waals surface area contributed by atoms with Crippen LogP contribution in [0.15, 0.2) is 12.2 Å². The zero-order chi connectivity index (χ0) is 27.1. The minimum absolute atomic E-state index is 0.0708. The molecule has 194 valence electrons. The van der Waals surface area contributed by atoms with Crippen LogP contribution in [0.1, 0.15) is 60.8 Å². The molecule has 0 unspecified atom stereocenters. The molecule has 3 saturated carbocycles. The average molecular weight is 493 g/mol. The highest BCUT2D eigenvalue weighted by Gasteiger charge is 2.75. The SMILES string of the molecule is C=C1C[C@H]2[C@]3(C)CCC(=O)C(C)(C)[C@H]3C(=O)[C@@H](O)[C@]2(C)[C@@H](C(=O)O)[C@]1(C)C(=O)[C@](C)(O)C(=O)OC. The van der Waals surface area contributed by atoms with Gasteiger partial charge in [0, 0.05) is 23.2 Å². The highest BCUT2D eigenvalue weighted by molar-refractivity contribution is 6.11. The molecule has 3 aliphatic rings. The third kappa shape index (κ3) is 3.16. The lowest BCUT2D eigenvalue weighted by Gasteiger charge is -2.67. The number of Topliss-reactive ketones (excluding diaryl/α,β-unsaturated/α-hetero) is 3. The van der Waals surface area contributed by atoms with E-state index in [-0.39, 0.29) is 24.2 Å². The highest BCUT2D eigenvalue weighted by atomic mass is 16.5. The topological polar surface area (TPSA) is 155 Å². The fraction of sp³-hybridized carbons (Fsp3) is 0.731. The number of aliphatic carboxylic acids is 1. The van der Waals surface area contributed by atoms with Crippen LogP contribution in [0.4, 0.5) is 0 Å². The molecule has 3 fully saturated rings. The number of carboxylic acids is 1. The average Bonchev–Trinajstić information content (AvgIpc) is 2.75. The van der Waals surface area contributed by atoms with Crippen LogP contribution in [-0.4, -0.2) is 63.4 Å². The first-order chi connectivity index (χ1) is 15.8. The Morgan fingerprint density at radius 2 is 1.66 bits per heavy atom. The quantitative estimate of drug-likeness (QED) is 0.302. The Hall–Kier alpha value is -2.39. The summed E-state index contributed by atoms with van der Waals surface area (Å²) in [5, 5.41) is 32.7. The molecule has 9 nitrogen and oxygen atoms in total. The summed E-state index contributed by atoms with van der Waals surface area (Å²) in [5.41, 5.74) is -8.07. The van der Waals surface area contributed by atoms with Crippen molar-refractivity contribution in [3.8, 4) is 0 Å². The van der Waals surface area contributed by atoms with Crippen molar-refractivity contribution in [3.63, 3.8) is 0 Å². The van der Waals surface area contributed by atoms with Crippen molar-refractivity contribution in [2.24, 2.45) is 39.4 Å². The Morgan fingerprint density at radius 3 is 2.14 bits per heavy atom. The molecule has 8 atom stereocenters. The van der Waals surface area contributed by atoms with E-state index in [4.69, 9.17) is 0 Å². The predicted octanol–water partition coefficient (Wildman–Crippen LogP) is 1.72. The van der Waals surface area contributed by atoms with Crippen molar-refractivity contribution in [2.75, 3.05) is 7.11 Å². The number of hydrogen-bond acceptors (Lipinski definition) is 8. The van der Waals surface area contributed by atoms with E-state index in [1.54, 1.807) is 13.8 Å². The largest absolute Gasteiger partial charge is 0.481 e. The molecule has 0 spiro atoms. The second-order valence-corrected chi connectivity index (χ2v) is 12.0.